The second-order valence-electron chi connectivity index (χ2n) is 6.75. The molecule has 3 rings (SSSR count). The molecule has 0 aliphatic rings. The molecule has 8 heteroatoms. The molecule has 0 radical (unpaired) electrons. The molecule has 0 saturated heterocycles. The molecule has 2 aromatic heterocycles. The molecule has 2 heterocycles. The molecule has 0 aliphatic heterocycles. The zero-order chi connectivity index (χ0) is 20.3. The van der Waals surface area contributed by atoms with Gasteiger partial charge in [-0.15, -0.1) is 0 Å². The maximum absolute atomic E-state index is 13.1. The van der Waals surface area contributed by atoms with Gasteiger partial charge in [-0.2, -0.15) is 10.2 Å². The standard InChI is InChI=1S/C20H25FN6S/c1-5-26-18(10-11-22-26)13-25(4)20(28)23-19-14(2)24-27(15(19)3)12-16-6-8-17(21)9-7-16/h6-11H,5,12-13H2,1-4H3,(H,23,28). The fourth-order valence-corrected chi connectivity index (χ4v) is 3.26. The summed E-state index contributed by atoms with van der Waals surface area (Å²) >= 11 is 5.59. The Hall–Kier alpha value is -2.74. The molecular weight excluding hydrogens is 375 g/mol. The average Bonchev–Trinajstić information content (AvgIpc) is 3.22. The lowest BCUT2D eigenvalue weighted by molar-refractivity contribution is 0.471. The van der Waals surface area contributed by atoms with Gasteiger partial charge in [0.1, 0.15) is 5.82 Å². The second-order valence-corrected chi connectivity index (χ2v) is 7.14. The molecule has 0 unspecified atom stereocenters. The monoisotopic (exact) mass is 400 g/mol. The normalized spacial score (nSPS) is 10.9. The molecule has 0 atom stereocenters. The van der Waals surface area contributed by atoms with Crippen molar-refractivity contribution in [3.05, 3.63) is 65.0 Å². The largest absolute Gasteiger partial charge is 0.346 e. The number of anilines is 1. The van der Waals surface area contributed by atoms with Crippen molar-refractivity contribution in [2.24, 2.45) is 0 Å². The Balaban J connectivity index is 1.70. The van der Waals surface area contributed by atoms with E-state index in [2.05, 4.69) is 22.4 Å². The third-order valence-electron chi connectivity index (χ3n) is 4.71. The van der Waals surface area contributed by atoms with Gasteiger partial charge in [0.15, 0.2) is 5.11 Å². The van der Waals surface area contributed by atoms with E-state index in [0.29, 0.717) is 18.2 Å². The maximum Gasteiger partial charge on any atom is 0.173 e. The Bertz CT molecular complexity index is 960. The molecule has 28 heavy (non-hydrogen) atoms. The fraction of sp³-hybridized carbons (Fsp3) is 0.350. The van der Waals surface area contributed by atoms with Gasteiger partial charge in [-0.3, -0.25) is 9.36 Å². The number of halogens is 1. The van der Waals surface area contributed by atoms with Gasteiger partial charge in [0.25, 0.3) is 0 Å². The molecule has 0 bridgehead atoms. The Kier molecular flexibility index (Phi) is 6.08. The Morgan fingerprint density at radius 2 is 1.89 bits per heavy atom. The van der Waals surface area contributed by atoms with Gasteiger partial charge in [0, 0.05) is 19.8 Å². The van der Waals surface area contributed by atoms with Crippen LogP contribution in [0.1, 0.15) is 29.6 Å². The van der Waals surface area contributed by atoms with E-state index in [1.165, 1.54) is 12.1 Å². The summed E-state index contributed by atoms with van der Waals surface area (Å²) in [7, 11) is 1.95. The minimum Gasteiger partial charge on any atom is -0.346 e. The summed E-state index contributed by atoms with van der Waals surface area (Å²) in [5.74, 6) is -0.239. The summed E-state index contributed by atoms with van der Waals surface area (Å²) in [5.41, 5.74) is 4.86. The summed E-state index contributed by atoms with van der Waals surface area (Å²) in [6.07, 6.45) is 1.80. The molecule has 0 spiro atoms. The van der Waals surface area contributed by atoms with Crippen LogP contribution < -0.4 is 5.32 Å². The van der Waals surface area contributed by atoms with Crippen LogP contribution >= 0.6 is 12.2 Å². The van der Waals surface area contributed by atoms with Gasteiger partial charge < -0.3 is 10.2 Å². The molecule has 148 valence electrons. The SMILES string of the molecule is CCn1nccc1CN(C)C(=S)Nc1c(C)nn(Cc2ccc(F)cc2)c1C. The van der Waals surface area contributed by atoms with Crippen LogP contribution in [-0.4, -0.2) is 36.6 Å². The van der Waals surface area contributed by atoms with Crippen molar-refractivity contribution in [2.75, 3.05) is 12.4 Å². The molecule has 3 aromatic rings. The molecule has 0 amide bonds. The van der Waals surface area contributed by atoms with Crippen LogP contribution in [0.4, 0.5) is 10.1 Å². The first-order valence-corrected chi connectivity index (χ1v) is 9.61. The van der Waals surface area contributed by atoms with Crippen molar-refractivity contribution in [2.45, 2.75) is 40.4 Å². The van der Waals surface area contributed by atoms with Crippen LogP contribution in [0.5, 0.6) is 0 Å². The quantitative estimate of drug-likeness (QED) is 0.639. The number of nitrogens with zero attached hydrogens (tertiary/aromatic N) is 5. The molecule has 0 fully saturated rings. The van der Waals surface area contributed by atoms with E-state index >= 15 is 0 Å². The van der Waals surface area contributed by atoms with Crippen molar-refractivity contribution in [3.63, 3.8) is 0 Å². The lowest BCUT2D eigenvalue weighted by Gasteiger charge is -2.21. The van der Waals surface area contributed by atoms with E-state index in [1.54, 1.807) is 18.3 Å². The first-order chi connectivity index (χ1) is 13.4. The Morgan fingerprint density at radius 3 is 2.57 bits per heavy atom. The first kappa shape index (κ1) is 20.0. The number of aromatic nitrogens is 4. The van der Waals surface area contributed by atoms with Gasteiger partial charge in [-0.25, -0.2) is 4.39 Å². The van der Waals surface area contributed by atoms with Crippen LogP contribution in [0.3, 0.4) is 0 Å². The average molecular weight is 401 g/mol. The van der Waals surface area contributed by atoms with Crippen LogP contribution in [-0.2, 0) is 19.6 Å². The highest BCUT2D eigenvalue weighted by Gasteiger charge is 2.15. The highest BCUT2D eigenvalue weighted by atomic mass is 32.1. The van der Waals surface area contributed by atoms with Crippen LogP contribution in [0, 0.1) is 19.7 Å². The molecule has 1 N–H and O–H groups in total. The molecule has 0 saturated carbocycles. The first-order valence-electron chi connectivity index (χ1n) is 9.20. The number of aryl methyl sites for hydroxylation is 2. The van der Waals surface area contributed by atoms with Crippen molar-refractivity contribution in [1.82, 2.24) is 24.5 Å². The van der Waals surface area contributed by atoms with Crippen LogP contribution in [0.25, 0.3) is 0 Å². The van der Waals surface area contributed by atoms with Gasteiger partial charge in [0.2, 0.25) is 0 Å². The van der Waals surface area contributed by atoms with Gasteiger partial charge in [-0.1, -0.05) is 12.1 Å². The zero-order valence-electron chi connectivity index (χ0n) is 16.6. The highest BCUT2D eigenvalue weighted by Crippen LogP contribution is 2.21. The molecule has 1 aromatic carbocycles. The summed E-state index contributed by atoms with van der Waals surface area (Å²) in [5, 5.41) is 12.9. The third kappa shape index (κ3) is 4.39. The maximum atomic E-state index is 13.1. The van der Waals surface area contributed by atoms with Gasteiger partial charge in [-0.05, 0) is 56.8 Å². The summed E-state index contributed by atoms with van der Waals surface area (Å²) in [6, 6.07) is 8.47. The van der Waals surface area contributed by atoms with Gasteiger partial charge in [0.05, 0.1) is 35.9 Å². The van der Waals surface area contributed by atoms with E-state index < -0.39 is 0 Å². The molecular formula is C20H25FN6S. The summed E-state index contributed by atoms with van der Waals surface area (Å²) < 4.78 is 17.0. The van der Waals surface area contributed by atoms with E-state index in [1.807, 2.05) is 41.2 Å². The minimum absolute atomic E-state index is 0.239. The number of benzene rings is 1. The van der Waals surface area contributed by atoms with E-state index in [9.17, 15) is 4.39 Å². The van der Waals surface area contributed by atoms with Crippen LogP contribution in [0.2, 0.25) is 0 Å². The van der Waals surface area contributed by atoms with Crippen molar-refractivity contribution >= 4 is 23.0 Å². The number of nitrogens with one attached hydrogen (secondary N) is 1. The van der Waals surface area contributed by atoms with E-state index in [4.69, 9.17) is 12.2 Å². The van der Waals surface area contributed by atoms with Crippen LogP contribution in [0.15, 0.2) is 36.5 Å². The molecule has 6 nitrogen and oxygen atoms in total. The summed E-state index contributed by atoms with van der Waals surface area (Å²) in [4.78, 5) is 1.98. The summed E-state index contributed by atoms with van der Waals surface area (Å²) in [6.45, 7) is 8.08. The number of thiocarbonyl (C=S) groups is 1. The van der Waals surface area contributed by atoms with Gasteiger partial charge >= 0.3 is 0 Å². The highest BCUT2D eigenvalue weighted by molar-refractivity contribution is 7.80. The lowest BCUT2D eigenvalue weighted by atomic mass is 10.2. The third-order valence-corrected chi connectivity index (χ3v) is 5.12. The van der Waals surface area contributed by atoms with Crippen molar-refractivity contribution in [1.29, 1.82) is 0 Å². The topological polar surface area (TPSA) is 50.9 Å². The number of rotatable bonds is 6. The number of hydrogen-bond acceptors (Lipinski definition) is 3. The fourth-order valence-electron chi connectivity index (χ4n) is 3.09. The van der Waals surface area contributed by atoms with Crippen molar-refractivity contribution < 1.29 is 4.39 Å². The minimum atomic E-state index is -0.239. The smallest absolute Gasteiger partial charge is 0.173 e. The number of hydrogen-bond donors (Lipinski definition) is 1. The van der Waals surface area contributed by atoms with Crippen molar-refractivity contribution in [3.8, 4) is 0 Å². The second kappa shape index (κ2) is 8.52. The molecule has 0 aliphatic carbocycles. The Labute approximate surface area is 170 Å². The Morgan fingerprint density at radius 1 is 1.18 bits per heavy atom. The van der Waals surface area contributed by atoms with E-state index in [0.717, 1.165) is 34.9 Å². The van der Waals surface area contributed by atoms with E-state index in [-0.39, 0.29) is 5.82 Å². The lowest BCUT2D eigenvalue weighted by Crippen LogP contribution is -2.31. The zero-order valence-corrected chi connectivity index (χ0v) is 17.4. The predicted octanol–water partition coefficient (Wildman–Crippen LogP) is 3.73. The predicted molar refractivity (Wildman–Crippen MR) is 113 cm³/mol.